The predicted octanol–water partition coefficient (Wildman–Crippen LogP) is 7.20. The number of aromatic nitrogens is 4. The van der Waals surface area contributed by atoms with Crippen molar-refractivity contribution < 1.29 is 9.59 Å². The van der Waals surface area contributed by atoms with Crippen molar-refractivity contribution in [3.63, 3.8) is 0 Å². The zero-order valence-electron chi connectivity index (χ0n) is 22.1. The van der Waals surface area contributed by atoms with Crippen LogP contribution in [-0.2, 0) is 7.05 Å². The van der Waals surface area contributed by atoms with Gasteiger partial charge in [0.15, 0.2) is 22.9 Å². The van der Waals surface area contributed by atoms with Crippen molar-refractivity contribution >= 4 is 50.5 Å². The van der Waals surface area contributed by atoms with Gasteiger partial charge in [-0.05, 0) is 58.0 Å². The molecule has 0 radical (unpaired) electrons. The van der Waals surface area contributed by atoms with Gasteiger partial charge in [-0.15, -0.1) is 0 Å². The number of Topliss-reactive ketones (excluding diaryl/α,β-unsaturated/α-hetero) is 2. The van der Waals surface area contributed by atoms with Crippen LogP contribution in [0.1, 0.15) is 26.5 Å². The summed E-state index contributed by atoms with van der Waals surface area (Å²) in [5.41, 5.74) is 4.09. The van der Waals surface area contributed by atoms with E-state index in [0.29, 0.717) is 28.2 Å². The van der Waals surface area contributed by atoms with Crippen LogP contribution in [-0.4, -0.2) is 30.7 Å². The maximum atomic E-state index is 13.5. The fourth-order valence-corrected chi connectivity index (χ4v) is 5.80. The molecule has 0 fully saturated rings. The van der Waals surface area contributed by atoms with Crippen molar-refractivity contribution in [2.45, 2.75) is 0 Å². The molecule has 1 aliphatic carbocycles. The third kappa shape index (κ3) is 3.51. The summed E-state index contributed by atoms with van der Waals surface area (Å²) in [6.07, 6.45) is 1.61. The van der Waals surface area contributed by atoms with Gasteiger partial charge in [0.25, 0.3) is 0 Å². The normalized spacial score (nSPS) is 13.0. The van der Waals surface area contributed by atoms with E-state index in [0.717, 1.165) is 38.6 Å². The summed E-state index contributed by atoms with van der Waals surface area (Å²) in [5.74, 6) is 0.687. The molecule has 6 heteroatoms. The van der Waals surface area contributed by atoms with Gasteiger partial charge in [-0.2, -0.15) is 0 Å². The Hall–Kier alpha value is -5.62. The number of benzene rings is 5. The van der Waals surface area contributed by atoms with Gasteiger partial charge in [-0.25, -0.2) is 9.97 Å². The van der Waals surface area contributed by atoms with E-state index in [9.17, 15) is 9.59 Å². The Balaban J connectivity index is 1.31. The minimum Gasteiger partial charge on any atom is -0.310 e. The van der Waals surface area contributed by atoms with Crippen LogP contribution in [0.3, 0.4) is 0 Å². The predicted molar refractivity (Wildman–Crippen MR) is 161 cm³/mol. The Labute approximate surface area is 234 Å². The van der Waals surface area contributed by atoms with Gasteiger partial charge in [0.1, 0.15) is 11.6 Å². The Morgan fingerprint density at radius 3 is 1.85 bits per heavy atom. The number of hydrogen-bond acceptors (Lipinski definition) is 4. The van der Waals surface area contributed by atoms with Crippen molar-refractivity contribution in [3.8, 4) is 17.1 Å². The number of fused-ring (bicyclic) bond motifs is 4. The first-order valence-corrected chi connectivity index (χ1v) is 13.4. The fourth-order valence-electron chi connectivity index (χ4n) is 5.80. The molecule has 8 rings (SSSR count). The average Bonchev–Trinajstić information content (AvgIpc) is 3.61. The van der Waals surface area contributed by atoms with E-state index in [-0.39, 0.29) is 17.1 Å². The number of rotatable bonds is 3. The van der Waals surface area contributed by atoms with Gasteiger partial charge >= 0.3 is 0 Å². The standard InChI is InChI=1S/C35H22N4O2/c1-38-33(25-16-15-21-9-5-6-10-22(21)17-25)37-35-34(38)36-30(39(35)26-13-3-2-4-14-26)20-29-31(40)27-18-23-11-7-8-12-24(23)19-28(27)32(29)41/h2-20H,1H3. The van der Waals surface area contributed by atoms with E-state index in [2.05, 4.69) is 30.3 Å². The minimum atomic E-state index is -0.285. The van der Waals surface area contributed by atoms with Gasteiger partial charge in [0.2, 0.25) is 0 Å². The molecule has 1 aliphatic rings. The molecule has 2 heterocycles. The molecule has 41 heavy (non-hydrogen) atoms. The SMILES string of the molecule is Cn1c(-c2ccc3ccccc3c2)nc2c1nc(C=C1C(=O)c3cc4ccccc4cc3C1=O)n2-c1ccccc1. The summed E-state index contributed by atoms with van der Waals surface area (Å²) >= 11 is 0. The topological polar surface area (TPSA) is 69.8 Å². The maximum absolute atomic E-state index is 13.5. The summed E-state index contributed by atoms with van der Waals surface area (Å²) in [6, 6.07) is 35.6. The summed E-state index contributed by atoms with van der Waals surface area (Å²) in [5, 5.41) is 4.15. The van der Waals surface area contributed by atoms with E-state index < -0.39 is 0 Å². The first-order chi connectivity index (χ1) is 20.1. The summed E-state index contributed by atoms with van der Waals surface area (Å²) in [7, 11) is 1.94. The lowest BCUT2D eigenvalue weighted by Crippen LogP contribution is -2.04. The van der Waals surface area contributed by atoms with Crippen LogP contribution in [0.5, 0.6) is 0 Å². The lowest BCUT2D eigenvalue weighted by atomic mass is 10.0. The van der Waals surface area contributed by atoms with Crippen molar-refractivity contribution in [2.75, 3.05) is 0 Å². The van der Waals surface area contributed by atoms with E-state index in [1.54, 1.807) is 6.08 Å². The van der Waals surface area contributed by atoms with Crippen molar-refractivity contribution in [3.05, 3.63) is 132 Å². The molecule has 0 atom stereocenters. The van der Waals surface area contributed by atoms with Crippen LogP contribution in [0.2, 0.25) is 0 Å². The largest absolute Gasteiger partial charge is 0.310 e. The van der Waals surface area contributed by atoms with Crippen LogP contribution >= 0.6 is 0 Å². The highest BCUT2D eigenvalue weighted by Gasteiger charge is 2.34. The molecular weight excluding hydrogens is 508 g/mol. The van der Waals surface area contributed by atoms with E-state index in [1.807, 2.05) is 95.0 Å². The second-order valence-corrected chi connectivity index (χ2v) is 10.3. The molecule has 0 unspecified atom stereocenters. The van der Waals surface area contributed by atoms with Gasteiger partial charge in [-0.3, -0.25) is 14.2 Å². The third-order valence-corrected chi connectivity index (χ3v) is 7.87. The number of carbonyl (C=O) groups is 2. The zero-order chi connectivity index (χ0) is 27.7. The van der Waals surface area contributed by atoms with Gasteiger partial charge < -0.3 is 4.57 Å². The van der Waals surface area contributed by atoms with Crippen LogP contribution in [0.15, 0.2) is 115 Å². The van der Waals surface area contributed by atoms with E-state index >= 15 is 0 Å². The molecule has 7 aromatic rings. The van der Waals surface area contributed by atoms with Crippen LogP contribution in [0.25, 0.3) is 56.0 Å². The molecule has 0 spiro atoms. The molecule has 2 aromatic heterocycles. The Kier molecular flexibility index (Phi) is 4.94. The zero-order valence-corrected chi connectivity index (χ0v) is 22.1. The number of hydrogen-bond donors (Lipinski definition) is 0. The molecule has 0 amide bonds. The number of para-hydroxylation sites is 1. The van der Waals surface area contributed by atoms with Gasteiger partial charge in [-0.1, -0.05) is 78.9 Å². The monoisotopic (exact) mass is 530 g/mol. The number of ketones is 2. The number of nitrogens with zero attached hydrogens (tertiary/aromatic N) is 4. The third-order valence-electron chi connectivity index (χ3n) is 7.87. The van der Waals surface area contributed by atoms with Crippen molar-refractivity contribution in [1.29, 1.82) is 0 Å². The van der Waals surface area contributed by atoms with Crippen LogP contribution in [0.4, 0.5) is 0 Å². The Morgan fingerprint density at radius 2 is 1.20 bits per heavy atom. The number of aryl methyl sites for hydroxylation is 1. The minimum absolute atomic E-state index is 0.109. The van der Waals surface area contributed by atoms with Crippen molar-refractivity contribution in [1.82, 2.24) is 19.1 Å². The fraction of sp³-hybridized carbons (Fsp3) is 0.0286. The molecule has 194 valence electrons. The molecule has 0 aliphatic heterocycles. The van der Waals surface area contributed by atoms with E-state index in [4.69, 9.17) is 9.97 Å². The Bertz CT molecular complexity index is 2200. The quantitative estimate of drug-likeness (QED) is 0.179. The molecular formula is C35H22N4O2. The van der Waals surface area contributed by atoms with Crippen LogP contribution in [0, 0.1) is 0 Å². The molecule has 0 saturated carbocycles. The van der Waals surface area contributed by atoms with E-state index in [1.165, 1.54) is 0 Å². The number of carbonyl (C=O) groups excluding carboxylic acids is 2. The second kappa shape index (κ2) is 8.69. The lowest BCUT2D eigenvalue weighted by molar-refractivity contribution is 0.0990. The Morgan fingerprint density at radius 1 is 0.610 bits per heavy atom. The molecule has 0 bridgehead atoms. The summed E-state index contributed by atoms with van der Waals surface area (Å²) in [6.45, 7) is 0. The van der Waals surface area contributed by atoms with Crippen LogP contribution < -0.4 is 0 Å². The molecule has 5 aromatic carbocycles. The highest BCUT2D eigenvalue weighted by Crippen LogP contribution is 2.34. The maximum Gasteiger partial charge on any atom is 0.197 e. The highest BCUT2D eigenvalue weighted by molar-refractivity contribution is 6.42. The van der Waals surface area contributed by atoms with Crippen molar-refractivity contribution in [2.24, 2.45) is 7.05 Å². The highest BCUT2D eigenvalue weighted by atomic mass is 16.2. The number of allylic oxidation sites excluding steroid dienone is 1. The molecule has 0 N–H and O–H groups in total. The first-order valence-electron chi connectivity index (χ1n) is 13.4. The smallest absolute Gasteiger partial charge is 0.197 e. The summed E-state index contributed by atoms with van der Waals surface area (Å²) in [4.78, 5) is 37.0. The average molecular weight is 531 g/mol. The lowest BCUT2D eigenvalue weighted by Gasteiger charge is -2.07. The number of imidazole rings is 2. The summed E-state index contributed by atoms with van der Waals surface area (Å²) < 4.78 is 3.87. The molecule has 6 nitrogen and oxygen atoms in total. The second-order valence-electron chi connectivity index (χ2n) is 10.3. The first kappa shape index (κ1) is 23.3. The van der Waals surface area contributed by atoms with Gasteiger partial charge in [0.05, 0.1) is 5.57 Å². The molecule has 0 saturated heterocycles. The van der Waals surface area contributed by atoms with Gasteiger partial charge in [0, 0.05) is 29.4 Å².